The third kappa shape index (κ3) is 5.38. The first-order valence-corrected chi connectivity index (χ1v) is 12.9. The number of rotatable bonds is 8. The maximum Gasteiger partial charge on any atom is 0.162 e. The predicted octanol–water partition coefficient (Wildman–Crippen LogP) is 5.98. The third-order valence-corrected chi connectivity index (χ3v) is 7.17. The number of aliphatic hydroxyl groups is 1. The van der Waals surface area contributed by atoms with Crippen LogP contribution in [0.4, 0.5) is 0 Å². The molecule has 5 rings (SSSR count). The quantitative estimate of drug-likeness (QED) is 0.306. The van der Waals surface area contributed by atoms with Crippen molar-refractivity contribution in [2.75, 3.05) is 26.2 Å². The van der Waals surface area contributed by atoms with Gasteiger partial charge in [0.05, 0.1) is 5.52 Å². The SMILES string of the molecule is CC(=O)c1c(C)n(-c2ccc(C)cc2)c2ccc(OC[C@H](O)CN3CC=C(c4ccccc4)CC3)cc12. The van der Waals surface area contributed by atoms with Crippen LogP contribution in [0.25, 0.3) is 22.2 Å². The number of ketones is 1. The largest absolute Gasteiger partial charge is 0.491 e. The van der Waals surface area contributed by atoms with E-state index in [9.17, 15) is 9.90 Å². The number of carbonyl (C=O) groups excluding carboxylic acids is 1. The molecular formula is C32H34N2O3. The second kappa shape index (κ2) is 10.8. The molecule has 1 aliphatic heterocycles. The predicted molar refractivity (Wildman–Crippen MR) is 150 cm³/mol. The van der Waals surface area contributed by atoms with E-state index in [1.54, 1.807) is 6.92 Å². The summed E-state index contributed by atoms with van der Waals surface area (Å²) >= 11 is 0. The van der Waals surface area contributed by atoms with Crippen molar-refractivity contribution < 1.29 is 14.6 Å². The molecule has 0 saturated heterocycles. The summed E-state index contributed by atoms with van der Waals surface area (Å²) < 4.78 is 8.12. The topological polar surface area (TPSA) is 54.7 Å². The molecule has 3 aromatic carbocycles. The van der Waals surface area contributed by atoms with Gasteiger partial charge in [0.15, 0.2) is 5.78 Å². The Morgan fingerprint density at radius 3 is 2.46 bits per heavy atom. The Bertz CT molecular complexity index is 1430. The molecule has 0 bridgehead atoms. The number of nitrogens with zero attached hydrogens (tertiary/aromatic N) is 2. The highest BCUT2D eigenvalue weighted by Crippen LogP contribution is 2.32. The van der Waals surface area contributed by atoms with Crippen molar-refractivity contribution in [3.8, 4) is 11.4 Å². The lowest BCUT2D eigenvalue weighted by Gasteiger charge is -2.28. The van der Waals surface area contributed by atoms with Crippen molar-refractivity contribution in [2.24, 2.45) is 0 Å². The molecule has 0 unspecified atom stereocenters. The second-order valence-electron chi connectivity index (χ2n) is 9.94. The fourth-order valence-electron chi connectivity index (χ4n) is 5.29. The number of Topliss-reactive ketones (excluding diaryl/α,β-unsaturated/α-hetero) is 1. The third-order valence-electron chi connectivity index (χ3n) is 7.17. The zero-order chi connectivity index (χ0) is 25.9. The van der Waals surface area contributed by atoms with Crippen LogP contribution in [0.5, 0.6) is 5.75 Å². The van der Waals surface area contributed by atoms with E-state index >= 15 is 0 Å². The van der Waals surface area contributed by atoms with E-state index in [0.29, 0.717) is 17.9 Å². The first-order chi connectivity index (χ1) is 17.9. The summed E-state index contributed by atoms with van der Waals surface area (Å²) in [5.41, 5.74) is 7.44. The van der Waals surface area contributed by atoms with Crippen molar-refractivity contribution >= 4 is 22.3 Å². The van der Waals surface area contributed by atoms with Crippen LogP contribution < -0.4 is 4.74 Å². The Hall–Kier alpha value is -3.67. The molecule has 5 heteroatoms. The van der Waals surface area contributed by atoms with Crippen LogP contribution in [-0.2, 0) is 0 Å². The number of aromatic nitrogens is 1. The normalized spacial score (nSPS) is 15.0. The van der Waals surface area contributed by atoms with E-state index in [4.69, 9.17) is 4.74 Å². The number of ether oxygens (including phenoxy) is 1. The molecule has 1 aromatic heterocycles. The number of hydrogen-bond donors (Lipinski definition) is 1. The van der Waals surface area contributed by atoms with E-state index in [0.717, 1.165) is 41.8 Å². The van der Waals surface area contributed by atoms with Crippen molar-refractivity contribution in [3.05, 3.63) is 101 Å². The fourth-order valence-corrected chi connectivity index (χ4v) is 5.29. The molecule has 0 aliphatic carbocycles. The maximum atomic E-state index is 12.6. The molecule has 0 fully saturated rings. The maximum absolute atomic E-state index is 12.6. The minimum absolute atomic E-state index is 0.0265. The van der Waals surface area contributed by atoms with Gasteiger partial charge in [-0.2, -0.15) is 0 Å². The van der Waals surface area contributed by atoms with Gasteiger partial charge >= 0.3 is 0 Å². The van der Waals surface area contributed by atoms with E-state index < -0.39 is 6.10 Å². The second-order valence-corrected chi connectivity index (χ2v) is 9.94. The van der Waals surface area contributed by atoms with E-state index in [-0.39, 0.29) is 12.4 Å². The highest BCUT2D eigenvalue weighted by atomic mass is 16.5. The van der Waals surface area contributed by atoms with Gasteiger partial charge in [-0.1, -0.05) is 54.1 Å². The van der Waals surface area contributed by atoms with Gasteiger partial charge in [0.25, 0.3) is 0 Å². The number of benzene rings is 3. The zero-order valence-corrected chi connectivity index (χ0v) is 21.8. The molecule has 1 atom stereocenters. The van der Waals surface area contributed by atoms with E-state index in [2.05, 4.69) is 71.0 Å². The van der Waals surface area contributed by atoms with Crippen LogP contribution in [0, 0.1) is 13.8 Å². The minimum atomic E-state index is -0.603. The Balaban J connectivity index is 1.27. The fraction of sp³-hybridized carbons (Fsp3) is 0.281. The lowest BCUT2D eigenvalue weighted by Crippen LogP contribution is -2.38. The zero-order valence-electron chi connectivity index (χ0n) is 21.8. The van der Waals surface area contributed by atoms with Crippen molar-refractivity contribution in [3.63, 3.8) is 0 Å². The van der Waals surface area contributed by atoms with Crippen LogP contribution in [-0.4, -0.2) is 52.7 Å². The summed E-state index contributed by atoms with van der Waals surface area (Å²) in [4.78, 5) is 14.8. The van der Waals surface area contributed by atoms with Crippen LogP contribution in [0.15, 0.2) is 78.9 Å². The Labute approximate surface area is 218 Å². The molecule has 0 amide bonds. The minimum Gasteiger partial charge on any atom is -0.491 e. The Kier molecular flexibility index (Phi) is 7.26. The van der Waals surface area contributed by atoms with Gasteiger partial charge in [-0.15, -0.1) is 0 Å². The van der Waals surface area contributed by atoms with Crippen molar-refractivity contribution in [1.82, 2.24) is 9.47 Å². The molecule has 1 N–H and O–H groups in total. The summed E-state index contributed by atoms with van der Waals surface area (Å²) in [5, 5.41) is 11.5. The molecule has 0 spiro atoms. The van der Waals surface area contributed by atoms with Gasteiger partial charge in [0.1, 0.15) is 18.5 Å². The molecule has 190 valence electrons. The average Bonchev–Trinajstić information content (AvgIpc) is 3.20. The highest BCUT2D eigenvalue weighted by molar-refractivity contribution is 6.09. The Morgan fingerprint density at radius 2 is 1.78 bits per heavy atom. The highest BCUT2D eigenvalue weighted by Gasteiger charge is 2.20. The molecule has 5 nitrogen and oxygen atoms in total. The number of carbonyl (C=O) groups is 1. The number of fused-ring (bicyclic) bond motifs is 1. The number of aryl methyl sites for hydroxylation is 1. The molecule has 2 heterocycles. The Morgan fingerprint density at radius 1 is 1.03 bits per heavy atom. The van der Waals surface area contributed by atoms with Crippen molar-refractivity contribution in [1.29, 1.82) is 0 Å². The molecule has 0 saturated carbocycles. The number of aliphatic hydroxyl groups excluding tert-OH is 1. The van der Waals surface area contributed by atoms with Gasteiger partial charge in [0.2, 0.25) is 0 Å². The van der Waals surface area contributed by atoms with Crippen LogP contribution in [0.3, 0.4) is 0 Å². The first-order valence-electron chi connectivity index (χ1n) is 12.9. The average molecular weight is 495 g/mol. The number of hydrogen-bond acceptors (Lipinski definition) is 4. The number of β-amino-alcohol motifs (C(OH)–C–C–N with tert-alkyl or cyclic N) is 1. The molecule has 0 radical (unpaired) electrons. The van der Waals surface area contributed by atoms with Crippen molar-refractivity contribution in [2.45, 2.75) is 33.3 Å². The van der Waals surface area contributed by atoms with Gasteiger partial charge < -0.3 is 14.4 Å². The summed E-state index contributed by atoms with van der Waals surface area (Å²) in [6.45, 7) is 8.14. The van der Waals surface area contributed by atoms with Gasteiger partial charge in [-0.3, -0.25) is 9.69 Å². The van der Waals surface area contributed by atoms with E-state index in [1.165, 1.54) is 16.7 Å². The van der Waals surface area contributed by atoms with Gasteiger partial charge in [-0.05, 0) is 68.7 Å². The molecular weight excluding hydrogens is 460 g/mol. The summed E-state index contributed by atoms with van der Waals surface area (Å²) in [7, 11) is 0. The summed E-state index contributed by atoms with van der Waals surface area (Å²) in [5.74, 6) is 0.679. The first kappa shape index (κ1) is 25.0. The summed E-state index contributed by atoms with van der Waals surface area (Å²) in [6, 6.07) is 24.6. The van der Waals surface area contributed by atoms with Crippen LogP contribution in [0.2, 0.25) is 0 Å². The molecule has 4 aromatic rings. The van der Waals surface area contributed by atoms with E-state index in [1.807, 2.05) is 31.2 Å². The van der Waals surface area contributed by atoms with Gasteiger partial charge in [-0.25, -0.2) is 0 Å². The summed E-state index contributed by atoms with van der Waals surface area (Å²) in [6.07, 6.45) is 2.62. The monoisotopic (exact) mass is 494 g/mol. The lowest BCUT2D eigenvalue weighted by atomic mass is 9.99. The molecule has 1 aliphatic rings. The molecule has 37 heavy (non-hydrogen) atoms. The standard InChI is InChI=1S/C32H34N2O3/c1-22-9-11-27(12-10-22)34-23(2)32(24(3)35)30-19-29(13-14-31(30)34)37-21-28(36)20-33-17-15-26(16-18-33)25-7-5-4-6-8-25/h4-15,19,28,36H,16-18,20-21H2,1-3H3/t28-/m1/s1. The smallest absolute Gasteiger partial charge is 0.162 e. The lowest BCUT2D eigenvalue weighted by molar-refractivity contribution is 0.0717. The van der Waals surface area contributed by atoms with Crippen LogP contribution >= 0.6 is 0 Å². The van der Waals surface area contributed by atoms with Crippen LogP contribution in [0.1, 0.15) is 40.5 Å². The van der Waals surface area contributed by atoms with Gasteiger partial charge in [0, 0.05) is 42.0 Å².